The topological polar surface area (TPSA) is 43.1 Å². The molecular formula is C21H29NO. The van der Waals surface area contributed by atoms with Crippen LogP contribution < -0.4 is 5.73 Å². The largest absolute Gasteiger partial charge is 0.321 e. The molecule has 0 unspecified atom stereocenters. The van der Waals surface area contributed by atoms with E-state index in [4.69, 9.17) is 5.73 Å². The summed E-state index contributed by atoms with van der Waals surface area (Å²) in [6.45, 7) is 6.36. The molecule has 2 nitrogen and oxygen atoms in total. The lowest BCUT2D eigenvalue weighted by atomic mass is 9.88. The van der Waals surface area contributed by atoms with Crippen molar-refractivity contribution in [2.45, 2.75) is 65.3 Å². The highest BCUT2D eigenvalue weighted by atomic mass is 16.1. The van der Waals surface area contributed by atoms with Crippen LogP contribution in [0.15, 0.2) is 47.1 Å². The zero-order valence-corrected chi connectivity index (χ0v) is 14.7. The Morgan fingerprint density at radius 2 is 1.78 bits per heavy atom. The molecule has 2 N–H and O–H groups in total. The number of hydrogen-bond acceptors (Lipinski definition) is 2. The molecule has 2 rings (SSSR count). The smallest absolute Gasteiger partial charge is 0.149 e. The number of carbonyl (C=O) groups excluding carboxylic acids is 1. The Bertz CT molecular complexity index is 607. The van der Waals surface area contributed by atoms with E-state index in [2.05, 4.69) is 44.2 Å². The number of rotatable bonds is 7. The van der Waals surface area contributed by atoms with Crippen molar-refractivity contribution in [2.75, 3.05) is 0 Å². The maximum absolute atomic E-state index is 11.6. The Labute approximate surface area is 140 Å². The third-order valence-electron chi connectivity index (χ3n) is 4.87. The SMILES string of the molecule is CCC(=O)[C@@H](N)Cc1ccc(CCC2=C(C)CCC=C2C)cc1. The van der Waals surface area contributed by atoms with Crippen molar-refractivity contribution in [1.82, 2.24) is 0 Å². The lowest BCUT2D eigenvalue weighted by Gasteiger charge is -2.17. The summed E-state index contributed by atoms with van der Waals surface area (Å²) >= 11 is 0. The summed E-state index contributed by atoms with van der Waals surface area (Å²) in [5, 5.41) is 0. The van der Waals surface area contributed by atoms with E-state index in [1.807, 2.05) is 6.92 Å². The van der Waals surface area contributed by atoms with Crippen LogP contribution in [0.5, 0.6) is 0 Å². The van der Waals surface area contributed by atoms with Crippen LogP contribution in [-0.4, -0.2) is 11.8 Å². The summed E-state index contributed by atoms with van der Waals surface area (Å²) in [7, 11) is 0. The molecule has 0 radical (unpaired) electrons. The number of carbonyl (C=O) groups is 1. The second kappa shape index (κ2) is 8.26. The van der Waals surface area contributed by atoms with Gasteiger partial charge in [-0.25, -0.2) is 0 Å². The third kappa shape index (κ3) is 4.90. The lowest BCUT2D eigenvalue weighted by Crippen LogP contribution is -2.32. The molecule has 0 amide bonds. The Morgan fingerprint density at radius 3 is 2.39 bits per heavy atom. The lowest BCUT2D eigenvalue weighted by molar-refractivity contribution is -0.119. The van der Waals surface area contributed by atoms with E-state index in [0.29, 0.717) is 12.8 Å². The van der Waals surface area contributed by atoms with Gasteiger partial charge in [0, 0.05) is 6.42 Å². The first-order valence-electron chi connectivity index (χ1n) is 8.73. The Hall–Kier alpha value is -1.67. The Balaban J connectivity index is 1.93. The minimum atomic E-state index is -0.367. The first kappa shape index (κ1) is 17.7. The second-order valence-electron chi connectivity index (χ2n) is 6.63. The molecule has 0 saturated heterocycles. The van der Waals surface area contributed by atoms with Crippen molar-refractivity contribution in [2.24, 2.45) is 5.73 Å². The molecule has 124 valence electrons. The molecule has 0 spiro atoms. The van der Waals surface area contributed by atoms with Gasteiger partial charge in [0.25, 0.3) is 0 Å². The van der Waals surface area contributed by atoms with Crippen LogP contribution >= 0.6 is 0 Å². The van der Waals surface area contributed by atoms with E-state index < -0.39 is 0 Å². The normalized spacial score (nSPS) is 16.3. The van der Waals surface area contributed by atoms with Crippen LogP contribution in [0, 0.1) is 0 Å². The van der Waals surface area contributed by atoms with Crippen molar-refractivity contribution >= 4 is 5.78 Å². The van der Waals surface area contributed by atoms with Crippen molar-refractivity contribution in [3.05, 3.63) is 58.2 Å². The van der Waals surface area contributed by atoms with Crippen molar-refractivity contribution in [3.8, 4) is 0 Å². The minimum absolute atomic E-state index is 0.135. The highest BCUT2D eigenvalue weighted by Gasteiger charge is 2.12. The standard InChI is InChI=1S/C21H29NO/c1-4-21(23)20(22)14-18-10-8-17(9-11-18)12-13-19-15(2)6-5-7-16(19)3/h6,8-11,20H,4-5,7,12-14,22H2,1-3H3/t20-/m0/s1. The molecule has 0 bridgehead atoms. The summed E-state index contributed by atoms with van der Waals surface area (Å²) in [5.74, 6) is 0.135. The number of benzene rings is 1. The van der Waals surface area contributed by atoms with Gasteiger partial charge in [-0.3, -0.25) is 4.79 Å². The molecule has 1 aromatic rings. The molecule has 0 heterocycles. The van der Waals surface area contributed by atoms with Gasteiger partial charge < -0.3 is 5.73 Å². The van der Waals surface area contributed by atoms with E-state index in [-0.39, 0.29) is 11.8 Å². The number of Topliss-reactive ketones (excluding diaryl/α,β-unsaturated/α-hetero) is 1. The predicted molar refractivity (Wildman–Crippen MR) is 97.4 cm³/mol. The van der Waals surface area contributed by atoms with Gasteiger partial charge in [-0.1, -0.05) is 48.4 Å². The average molecular weight is 311 g/mol. The first-order valence-corrected chi connectivity index (χ1v) is 8.73. The van der Waals surface area contributed by atoms with E-state index in [9.17, 15) is 4.79 Å². The maximum atomic E-state index is 11.6. The van der Waals surface area contributed by atoms with Gasteiger partial charge in [0.15, 0.2) is 0 Å². The number of nitrogens with two attached hydrogens (primary N) is 1. The zero-order chi connectivity index (χ0) is 16.8. The van der Waals surface area contributed by atoms with Crippen LogP contribution in [-0.2, 0) is 17.6 Å². The van der Waals surface area contributed by atoms with Gasteiger partial charge in [0.1, 0.15) is 5.78 Å². The molecule has 0 fully saturated rings. The van der Waals surface area contributed by atoms with Gasteiger partial charge in [0.05, 0.1) is 6.04 Å². The van der Waals surface area contributed by atoms with E-state index in [0.717, 1.165) is 18.4 Å². The van der Waals surface area contributed by atoms with Gasteiger partial charge >= 0.3 is 0 Å². The molecular weight excluding hydrogens is 282 g/mol. The summed E-state index contributed by atoms with van der Waals surface area (Å²) in [4.78, 5) is 11.6. The number of hydrogen-bond donors (Lipinski definition) is 1. The summed E-state index contributed by atoms with van der Waals surface area (Å²) in [6.07, 6.45) is 8.08. The highest BCUT2D eigenvalue weighted by molar-refractivity contribution is 5.83. The molecule has 0 aromatic heterocycles. The minimum Gasteiger partial charge on any atom is -0.321 e. The van der Waals surface area contributed by atoms with E-state index in [1.165, 1.54) is 29.6 Å². The van der Waals surface area contributed by atoms with E-state index in [1.54, 1.807) is 5.57 Å². The molecule has 0 aliphatic heterocycles. The van der Waals surface area contributed by atoms with Crippen molar-refractivity contribution in [1.29, 1.82) is 0 Å². The van der Waals surface area contributed by atoms with Crippen LogP contribution in [0.2, 0.25) is 0 Å². The molecule has 23 heavy (non-hydrogen) atoms. The fraction of sp³-hybridized carbons (Fsp3) is 0.476. The molecule has 1 atom stereocenters. The summed E-state index contributed by atoms with van der Waals surface area (Å²) in [5.41, 5.74) is 13.0. The fourth-order valence-electron chi connectivity index (χ4n) is 3.27. The van der Waals surface area contributed by atoms with E-state index >= 15 is 0 Å². The fourth-order valence-corrected chi connectivity index (χ4v) is 3.27. The van der Waals surface area contributed by atoms with Gasteiger partial charge in [-0.15, -0.1) is 0 Å². The third-order valence-corrected chi connectivity index (χ3v) is 4.87. The van der Waals surface area contributed by atoms with Crippen LogP contribution in [0.25, 0.3) is 0 Å². The van der Waals surface area contributed by atoms with Gasteiger partial charge in [-0.05, 0) is 62.7 Å². The summed E-state index contributed by atoms with van der Waals surface area (Å²) < 4.78 is 0. The molecule has 0 saturated carbocycles. The molecule has 1 aromatic carbocycles. The molecule has 1 aliphatic rings. The van der Waals surface area contributed by atoms with Crippen LogP contribution in [0.1, 0.15) is 57.6 Å². The monoisotopic (exact) mass is 311 g/mol. The highest BCUT2D eigenvalue weighted by Crippen LogP contribution is 2.28. The molecule has 1 aliphatic carbocycles. The second-order valence-corrected chi connectivity index (χ2v) is 6.63. The molecule has 2 heteroatoms. The Kier molecular flexibility index (Phi) is 6.35. The number of ketones is 1. The summed E-state index contributed by atoms with van der Waals surface area (Å²) in [6, 6.07) is 8.21. The maximum Gasteiger partial charge on any atom is 0.149 e. The van der Waals surface area contributed by atoms with Gasteiger partial charge in [0.2, 0.25) is 0 Å². The van der Waals surface area contributed by atoms with Crippen LogP contribution in [0.4, 0.5) is 0 Å². The Morgan fingerprint density at radius 1 is 1.13 bits per heavy atom. The van der Waals surface area contributed by atoms with Crippen molar-refractivity contribution < 1.29 is 4.79 Å². The quantitative estimate of drug-likeness (QED) is 0.804. The van der Waals surface area contributed by atoms with Crippen LogP contribution in [0.3, 0.4) is 0 Å². The van der Waals surface area contributed by atoms with Crippen molar-refractivity contribution in [3.63, 3.8) is 0 Å². The number of aryl methyl sites for hydroxylation is 1. The number of allylic oxidation sites excluding steroid dienone is 4. The average Bonchev–Trinajstić information content (AvgIpc) is 2.55. The van der Waals surface area contributed by atoms with Gasteiger partial charge in [-0.2, -0.15) is 0 Å². The zero-order valence-electron chi connectivity index (χ0n) is 14.7. The first-order chi connectivity index (χ1) is 11.0. The predicted octanol–water partition coefficient (Wildman–Crippen LogP) is 4.52.